The maximum atomic E-state index is 5.30. The number of hydrogen-bond donors (Lipinski definition) is 1. The monoisotopic (exact) mass is 284 g/mol. The Hall–Kier alpha value is -2.49. The van der Waals surface area contributed by atoms with Crippen molar-refractivity contribution in [1.82, 2.24) is 0 Å². The van der Waals surface area contributed by atoms with Gasteiger partial charge in [-0.05, 0) is 44.2 Å². The fraction of sp³-hybridized carbons (Fsp3) is 0.235. The highest BCUT2D eigenvalue weighted by atomic mass is 16.5. The zero-order valence-corrected chi connectivity index (χ0v) is 12.8. The maximum Gasteiger partial charge on any atom is 0.161 e. The van der Waals surface area contributed by atoms with Gasteiger partial charge >= 0.3 is 0 Å². The lowest BCUT2D eigenvalue weighted by atomic mass is 10.1. The smallest absolute Gasteiger partial charge is 0.161 e. The molecule has 0 saturated heterocycles. The molecule has 0 radical (unpaired) electrons. The van der Waals surface area contributed by atoms with Crippen LogP contribution in [0, 0.1) is 6.92 Å². The molecule has 0 heterocycles. The SMILES string of the molecule is COc1ccc(/C(C)=N\Nc2ccc(C)cc2)cc1OC. The Bertz CT molecular complexity index is 634. The predicted octanol–water partition coefficient (Wildman–Crippen LogP) is 3.85. The van der Waals surface area contributed by atoms with Crippen LogP contribution >= 0.6 is 0 Å². The van der Waals surface area contributed by atoms with Gasteiger partial charge in [-0.25, -0.2) is 0 Å². The van der Waals surface area contributed by atoms with E-state index in [1.807, 2.05) is 49.4 Å². The Morgan fingerprint density at radius 3 is 2.24 bits per heavy atom. The molecule has 110 valence electrons. The molecule has 2 rings (SSSR count). The molecule has 0 atom stereocenters. The number of benzene rings is 2. The minimum atomic E-state index is 0.694. The Morgan fingerprint density at radius 1 is 0.952 bits per heavy atom. The number of anilines is 1. The second kappa shape index (κ2) is 6.79. The molecule has 21 heavy (non-hydrogen) atoms. The molecule has 2 aromatic carbocycles. The molecule has 1 N–H and O–H groups in total. The maximum absolute atomic E-state index is 5.30. The number of rotatable bonds is 5. The van der Waals surface area contributed by atoms with Crippen LogP contribution in [0.5, 0.6) is 11.5 Å². The van der Waals surface area contributed by atoms with Crippen LogP contribution < -0.4 is 14.9 Å². The lowest BCUT2D eigenvalue weighted by Crippen LogP contribution is -2.01. The molecule has 0 fully saturated rings. The second-order valence-corrected chi connectivity index (χ2v) is 4.74. The van der Waals surface area contributed by atoms with Gasteiger partial charge in [0.15, 0.2) is 11.5 Å². The lowest BCUT2D eigenvalue weighted by molar-refractivity contribution is 0.355. The van der Waals surface area contributed by atoms with E-state index in [1.165, 1.54) is 5.56 Å². The zero-order chi connectivity index (χ0) is 15.2. The van der Waals surface area contributed by atoms with Gasteiger partial charge in [0.05, 0.1) is 25.6 Å². The normalized spacial score (nSPS) is 11.1. The molecular weight excluding hydrogens is 264 g/mol. The van der Waals surface area contributed by atoms with Crippen LogP contribution in [0.4, 0.5) is 5.69 Å². The van der Waals surface area contributed by atoms with E-state index in [9.17, 15) is 0 Å². The first-order valence-corrected chi connectivity index (χ1v) is 6.73. The summed E-state index contributed by atoms with van der Waals surface area (Å²) in [6, 6.07) is 13.8. The topological polar surface area (TPSA) is 42.8 Å². The van der Waals surface area contributed by atoms with Crippen molar-refractivity contribution in [2.24, 2.45) is 5.10 Å². The molecule has 0 bridgehead atoms. The van der Waals surface area contributed by atoms with Gasteiger partial charge in [-0.3, -0.25) is 5.43 Å². The van der Waals surface area contributed by atoms with E-state index in [4.69, 9.17) is 9.47 Å². The van der Waals surface area contributed by atoms with Crippen molar-refractivity contribution in [2.45, 2.75) is 13.8 Å². The number of ether oxygens (including phenoxy) is 2. The van der Waals surface area contributed by atoms with Gasteiger partial charge in [-0.15, -0.1) is 0 Å². The quantitative estimate of drug-likeness (QED) is 0.670. The Labute approximate surface area is 125 Å². The van der Waals surface area contributed by atoms with Crippen molar-refractivity contribution in [2.75, 3.05) is 19.6 Å². The average molecular weight is 284 g/mol. The highest BCUT2D eigenvalue weighted by Gasteiger charge is 2.06. The summed E-state index contributed by atoms with van der Waals surface area (Å²) >= 11 is 0. The number of nitrogens with zero attached hydrogens (tertiary/aromatic N) is 1. The van der Waals surface area contributed by atoms with Crippen molar-refractivity contribution in [1.29, 1.82) is 0 Å². The molecule has 0 aliphatic rings. The number of aryl methyl sites for hydroxylation is 1. The molecule has 4 nitrogen and oxygen atoms in total. The summed E-state index contributed by atoms with van der Waals surface area (Å²) in [5, 5.41) is 4.40. The minimum absolute atomic E-state index is 0.694. The van der Waals surface area contributed by atoms with Crippen LogP contribution in [0.3, 0.4) is 0 Å². The van der Waals surface area contributed by atoms with Gasteiger partial charge in [-0.2, -0.15) is 5.10 Å². The summed E-state index contributed by atoms with van der Waals surface area (Å²) < 4.78 is 10.5. The third-order valence-corrected chi connectivity index (χ3v) is 3.21. The molecule has 0 unspecified atom stereocenters. The zero-order valence-electron chi connectivity index (χ0n) is 12.8. The summed E-state index contributed by atoms with van der Waals surface area (Å²) in [5.41, 5.74) is 7.08. The average Bonchev–Trinajstić information content (AvgIpc) is 2.53. The summed E-state index contributed by atoms with van der Waals surface area (Å²) in [6.45, 7) is 4.00. The molecule has 0 aliphatic heterocycles. The molecule has 0 spiro atoms. The van der Waals surface area contributed by atoms with Crippen molar-refractivity contribution < 1.29 is 9.47 Å². The van der Waals surface area contributed by atoms with E-state index in [2.05, 4.69) is 17.5 Å². The standard InChI is InChI=1S/C17H20N2O2/c1-12-5-8-15(9-6-12)19-18-13(2)14-7-10-16(20-3)17(11-14)21-4/h5-11,19H,1-4H3/b18-13-. The first-order valence-electron chi connectivity index (χ1n) is 6.73. The largest absolute Gasteiger partial charge is 0.493 e. The minimum Gasteiger partial charge on any atom is -0.493 e. The molecule has 2 aromatic rings. The molecule has 4 heteroatoms. The van der Waals surface area contributed by atoms with Crippen LogP contribution in [0.15, 0.2) is 47.6 Å². The number of nitrogens with one attached hydrogen (secondary N) is 1. The van der Waals surface area contributed by atoms with Gasteiger partial charge in [-0.1, -0.05) is 17.7 Å². The number of hydrogen-bond acceptors (Lipinski definition) is 4. The van der Waals surface area contributed by atoms with Crippen LogP contribution in [-0.2, 0) is 0 Å². The molecule has 0 aromatic heterocycles. The van der Waals surface area contributed by atoms with E-state index < -0.39 is 0 Å². The van der Waals surface area contributed by atoms with Crippen molar-refractivity contribution in [3.05, 3.63) is 53.6 Å². The second-order valence-electron chi connectivity index (χ2n) is 4.74. The first kappa shape index (κ1) is 14.9. The van der Waals surface area contributed by atoms with E-state index >= 15 is 0 Å². The van der Waals surface area contributed by atoms with Crippen molar-refractivity contribution in [3.63, 3.8) is 0 Å². The van der Waals surface area contributed by atoms with Crippen molar-refractivity contribution >= 4 is 11.4 Å². The third kappa shape index (κ3) is 3.75. The van der Waals surface area contributed by atoms with E-state index in [-0.39, 0.29) is 0 Å². The third-order valence-electron chi connectivity index (χ3n) is 3.21. The van der Waals surface area contributed by atoms with Crippen LogP contribution in [0.1, 0.15) is 18.1 Å². The van der Waals surface area contributed by atoms with Gasteiger partial charge in [0, 0.05) is 5.56 Å². The Balaban J connectivity index is 2.17. The predicted molar refractivity (Wildman–Crippen MR) is 86.6 cm³/mol. The van der Waals surface area contributed by atoms with Crippen LogP contribution in [-0.4, -0.2) is 19.9 Å². The molecule has 0 amide bonds. The summed E-state index contributed by atoms with van der Waals surface area (Å²) in [5.74, 6) is 1.40. The summed E-state index contributed by atoms with van der Waals surface area (Å²) in [7, 11) is 3.25. The van der Waals surface area contributed by atoms with Crippen LogP contribution in [0.25, 0.3) is 0 Å². The highest BCUT2D eigenvalue weighted by Crippen LogP contribution is 2.27. The van der Waals surface area contributed by atoms with Gasteiger partial charge < -0.3 is 9.47 Å². The number of methoxy groups -OCH3 is 2. The molecule has 0 saturated carbocycles. The van der Waals surface area contributed by atoms with E-state index in [0.717, 1.165) is 17.0 Å². The summed E-state index contributed by atoms with van der Waals surface area (Å²) in [6.07, 6.45) is 0. The molecular formula is C17H20N2O2. The lowest BCUT2D eigenvalue weighted by Gasteiger charge is -2.09. The first-order chi connectivity index (χ1) is 10.1. The van der Waals surface area contributed by atoms with E-state index in [1.54, 1.807) is 14.2 Å². The van der Waals surface area contributed by atoms with Gasteiger partial charge in [0.25, 0.3) is 0 Å². The number of hydrazone groups is 1. The fourth-order valence-corrected chi connectivity index (χ4v) is 1.90. The Kier molecular flexibility index (Phi) is 4.82. The molecule has 0 aliphatic carbocycles. The Morgan fingerprint density at radius 2 is 1.62 bits per heavy atom. The fourth-order valence-electron chi connectivity index (χ4n) is 1.90. The summed E-state index contributed by atoms with van der Waals surface area (Å²) in [4.78, 5) is 0. The highest BCUT2D eigenvalue weighted by molar-refractivity contribution is 5.99. The van der Waals surface area contributed by atoms with Gasteiger partial charge in [0.2, 0.25) is 0 Å². The van der Waals surface area contributed by atoms with Gasteiger partial charge in [0.1, 0.15) is 0 Å². The van der Waals surface area contributed by atoms with Crippen molar-refractivity contribution in [3.8, 4) is 11.5 Å². The van der Waals surface area contributed by atoms with Crippen LogP contribution in [0.2, 0.25) is 0 Å². The van der Waals surface area contributed by atoms with E-state index in [0.29, 0.717) is 11.5 Å².